The van der Waals surface area contributed by atoms with E-state index < -0.39 is 5.97 Å². The Hall–Kier alpha value is -1.56. The first-order valence-corrected chi connectivity index (χ1v) is 4.55. The van der Waals surface area contributed by atoms with Crippen molar-refractivity contribution in [2.24, 2.45) is 0 Å². The van der Waals surface area contributed by atoms with Crippen molar-refractivity contribution in [3.63, 3.8) is 0 Å². The molecule has 0 fully saturated rings. The van der Waals surface area contributed by atoms with E-state index in [4.69, 9.17) is 10.8 Å². The molecular formula is C8H6BrN3O2. The van der Waals surface area contributed by atoms with Gasteiger partial charge in [0.15, 0.2) is 0 Å². The molecular weight excluding hydrogens is 250 g/mol. The topological polar surface area (TPSA) is 92.0 Å². The number of benzene rings is 1. The minimum atomic E-state index is -1.01. The molecule has 0 aliphatic carbocycles. The molecule has 0 saturated carbocycles. The average Bonchev–Trinajstić information content (AvgIpc) is 2.48. The molecule has 0 atom stereocenters. The van der Waals surface area contributed by atoms with Gasteiger partial charge >= 0.3 is 5.97 Å². The Morgan fingerprint density at radius 2 is 2.29 bits per heavy atom. The maximum Gasteiger partial charge on any atom is 0.335 e. The zero-order valence-corrected chi connectivity index (χ0v) is 8.50. The Labute approximate surface area is 87.0 Å². The van der Waals surface area contributed by atoms with E-state index in [0.29, 0.717) is 21.2 Å². The lowest BCUT2D eigenvalue weighted by atomic mass is 10.1. The lowest BCUT2D eigenvalue weighted by Crippen LogP contribution is -1.98. The molecule has 0 unspecified atom stereocenters. The molecule has 0 aliphatic rings. The molecule has 4 N–H and O–H groups in total. The zero-order chi connectivity index (χ0) is 10.3. The highest BCUT2D eigenvalue weighted by atomic mass is 79.9. The van der Waals surface area contributed by atoms with Gasteiger partial charge in [0.2, 0.25) is 0 Å². The molecule has 1 aromatic carbocycles. The fraction of sp³-hybridized carbons (Fsp3) is 0. The third kappa shape index (κ3) is 1.24. The number of fused-ring (bicyclic) bond motifs is 1. The van der Waals surface area contributed by atoms with Crippen molar-refractivity contribution >= 4 is 38.5 Å². The quantitative estimate of drug-likeness (QED) is 0.676. The first-order valence-electron chi connectivity index (χ1n) is 3.76. The number of nitrogens with zero attached hydrogens (tertiary/aromatic N) is 1. The lowest BCUT2D eigenvalue weighted by Gasteiger charge is -1.98. The average molecular weight is 256 g/mol. The summed E-state index contributed by atoms with van der Waals surface area (Å²) in [5.41, 5.74) is 6.71. The number of aromatic amines is 1. The predicted octanol–water partition coefficient (Wildman–Crippen LogP) is 1.61. The molecule has 2 rings (SSSR count). The molecule has 5 nitrogen and oxygen atoms in total. The number of carboxylic acid groups (broad SMARTS) is 1. The summed E-state index contributed by atoms with van der Waals surface area (Å²) in [6, 6.07) is 2.90. The summed E-state index contributed by atoms with van der Waals surface area (Å²) < 4.78 is 0.627. The fourth-order valence-electron chi connectivity index (χ4n) is 1.24. The van der Waals surface area contributed by atoms with Gasteiger partial charge < -0.3 is 10.8 Å². The van der Waals surface area contributed by atoms with Gasteiger partial charge in [-0.15, -0.1) is 0 Å². The van der Waals surface area contributed by atoms with Crippen LogP contribution in [0.25, 0.3) is 10.9 Å². The molecule has 6 heteroatoms. The Kier molecular flexibility index (Phi) is 1.92. The smallest absolute Gasteiger partial charge is 0.335 e. The summed E-state index contributed by atoms with van der Waals surface area (Å²) in [6.45, 7) is 0. The van der Waals surface area contributed by atoms with Crippen LogP contribution >= 0.6 is 15.9 Å². The van der Waals surface area contributed by atoms with Gasteiger partial charge in [-0.3, -0.25) is 5.10 Å². The molecule has 72 valence electrons. The fourth-order valence-corrected chi connectivity index (χ4v) is 1.63. The van der Waals surface area contributed by atoms with Crippen molar-refractivity contribution in [2.75, 3.05) is 5.73 Å². The van der Waals surface area contributed by atoms with Crippen LogP contribution in [-0.4, -0.2) is 21.3 Å². The Balaban J connectivity index is 2.82. The summed E-state index contributed by atoms with van der Waals surface area (Å²) in [7, 11) is 0. The largest absolute Gasteiger partial charge is 0.478 e. The van der Waals surface area contributed by atoms with Crippen LogP contribution in [0.2, 0.25) is 0 Å². The number of carbonyl (C=O) groups is 1. The maximum absolute atomic E-state index is 10.7. The molecule has 0 aliphatic heterocycles. The van der Waals surface area contributed by atoms with E-state index in [0.717, 1.165) is 0 Å². The molecule has 1 aromatic heterocycles. The zero-order valence-electron chi connectivity index (χ0n) is 6.91. The first-order chi connectivity index (χ1) is 6.59. The van der Waals surface area contributed by atoms with Gasteiger partial charge in [-0.05, 0) is 28.1 Å². The highest BCUT2D eigenvalue weighted by Gasteiger charge is 2.11. The van der Waals surface area contributed by atoms with Crippen molar-refractivity contribution < 1.29 is 9.90 Å². The van der Waals surface area contributed by atoms with Crippen molar-refractivity contribution in [1.82, 2.24) is 10.2 Å². The number of aromatic nitrogens is 2. The normalized spacial score (nSPS) is 10.6. The highest BCUT2D eigenvalue weighted by Crippen LogP contribution is 2.26. The van der Waals surface area contributed by atoms with Crippen LogP contribution in [0.5, 0.6) is 0 Å². The van der Waals surface area contributed by atoms with Gasteiger partial charge in [0.05, 0.1) is 11.3 Å². The van der Waals surface area contributed by atoms with Crippen LogP contribution in [0.3, 0.4) is 0 Å². The summed E-state index contributed by atoms with van der Waals surface area (Å²) in [6.07, 6.45) is 0. The van der Waals surface area contributed by atoms with Crippen molar-refractivity contribution in [3.8, 4) is 0 Å². The number of H-pyrrole nitrogens is 1. The number of halogens is 1. The van der Waals surface area contributed by atoms with Gasteiger partial charge in [-0.2, -0.15) is 5.10 Å². The molecule has 1 heterocycles. The summed E-state index contributed by atoms with van der Waals surface area (Å²) in [5.74, 6) is -1.01. The summed E-state index contributed by atoms with van der Waals surface area (Å²) in [4.78, 5) is 10.7. The minimum absolute atomic E-state index is 0.150. The first kappa shape index (κ1) is 9.01. The summed E-state index contributed by atoms with van der Waals surface area (Å²) >= 11 is 3.22. The van der Waals surface area contributed by atoms with E-state index in [1.54, 1.807) is 0 Å². The van der Waals surface area contributed by atoms with E-state index in [2.05, 4.69) is 26.1 Å². The minimum Gasteiger partial charge on any atom is -0.478 e. The van der Waals surface area contributed by atoms with E-state index >= 15 is 0 Å². The standard InChI is InChI=1S/C8H6BrN3O2/c9-7-4-1-3(8(13)14)2-5(10)6(4)11-12-7/h1-2H,10H2,(H,11,12)(H,13,14). The van der Waals surface area contributed by atoms with E-state index in [1.165, 1.54) is 12.1 Å². The second-order valence-corrected chi connectivity index (χ2v) is 3.60. The number of nitrogen functional groups attached to an aromatic ring is 1. The van der Waals surface area contributed by atoms with E-state index in [-0.39, 0.29) is 5.56 Å². The van der Waals surface area contributed by atoms with Crippen molar-refractivity contribution in [3.05, 3.63) is 22.3 Å². The number of aromatic carboxylic acids is 1. The van der Waals surface area contributed by atoms with Crippen molar-refractivity contribution in [2.45, 2.75) is 0 Å². The molecule has 14 heavy (non-hydrogen) atoms. The summed E-state index contributed by atoms with van der Waals surface area (Å²) in [5, 5.41) is 16.1. The van der Waals surface area contributed by atoms with E-state index in [9.17, 15) is 4.79 Å². The number of nitrogens with two attached hydrogens (primary N) is 1. The highest BCUT2D eigenvalue weighted by molar-refractivity contribution is 9.10. The maximum atomic E-state index is 10.7. The number of hydrogen-bond donors (Lipinski definition) is 3. The molecule has 0 radical (unpaired) electrons. The van der Waals surface area contributed by atoms with Crippen LogP contribution in [0.1, 0.15) is 10.4 Å². The Bertz CT molecular complexity index is 521. The van der Waals surface area contributed by atoms with Gasteiger partial charge in [0.1, 0.15) is 10.1 Å². The lowest BCUT2D eigenvalue weighted by molar-refractivity contribution is 0.0697. The van der Waals surface area contributed by atoms with Crippen molar-refractivity contribution in [1.29, 1.82) is 0 Å². The number of nitrogens with one attached hydrogen (secondary N) is 1. The molecule has 2 aromatic rings. The second-order valence-electron chi connectivity index (χ2n) is 2.80. The van der Waals surface area contributed by atoms with Gasteiger partial charge in [-0.25, -0.2) is 4.79 Å². The number of rotatable bonds is 1. The third-order valence-corrected chi connectivity index (χ3v) is 2.49. The van der Waals surface area contributed by atoms with E-state index in [1.807, 2.05) is 0 Å². The van der Waals surface area contributed by atoms with Crippen LogP contribution in [-0.2, 0) is 0 Å². The van der Waals surface area contributed by atoms with Crippen LogP contribution in [0.4, 0.5) is 5.69 Å². The monoisotopic (exact) mass is 255 g/mol. The second kappa shape index (κ2) is 2.98. The predicted molar refractivity (Wildman–Crippen MR) is 55.2 cm³/mol. The molecule has 0 amide bonds. The third-order valence-electron chi connectivity index (χ3n) is 1.89. The van der Waals surface area contributed by atoms with Gasteiger partial charge in [0.25, 0.3) is 0 Å². The Morgan fingerprint density at radius 1 is 1.57 bits per heavy atom. The van der Waals surface area contributed by atoms with Gasteiger partial charge in [0, 0.05) is 5.39 Å². The van der Waals surface area contributed by atoms with Crippen LogP contribution < -0.4 is 5.73 Å². The molecule has 0 spiro atoms. The Morgan fingerprint density at radius 3 is 2.93 bits per heavy atom. The van der Waals surface area contributed by atoms with Crippen LogP contribution in [0.15, 0.2) is 16.7 Å². The molecule has 0 bridgehead atoms. The molecule has 0 saturated heterocycles. The van der Waals surface area contributed by atoms with Crippen LogP contribution in [0, 0.1) is 0 Å². The number of carboxylic acids is 1. The number of anilines is 1. The van der Waals surface area contributed by atoms with Gasteiger partial charge in [-0.1, -0.05) is 0 Å². The SMILES string of the molecule is Nc1cc(C(=O)O)cc2c(Br)[nH]nc12. The number of hydrogen-bond acceptors (Lipinski definition) is 3.